The monoisotopic (exact) mass is 361 g/mol. The minimum Gasteiger partial charge on any atom is -0.452 e. The maximum Gasteiger partial charge on any atom is 0.338 e. The lowest BCUT2D eigenvalue weighted by molar-refractivity contribution is -0.123. The molecule has 0 unspecified atom stereocenters. The maximum atomic E-state index is 12.0. The lowest BCUT2D eigenvalue weighted by Crippen LogP contribution is -2.49. The van der Waals surface area contributed by atoms with E-state index in [-0.39, 0.29) is 11.5 Å². The highest BCUT2D eigenvalue weighted by Gasteiger charge is 2.22. The standard InChI is InChI=1S/C18H23N3O5/c1-18(2,3)20-17(25)19-14(22)11-26-16(24)12-6-8-13(9-7-12)21-10-4-5-15(21)23/h6-9H,4-5,10-11H2,1-3H3,(H2,19,20,22,25). The summed E-state index contributed by atoms with van der Waals surface area (Å²) in [4.78, 5) is 48.5. The maximum absolute atomic E-state index is 12.0. The number of ether oxygens (including phenoxy) is 1. The second-order valence-electron chi connectivity index (χ2n) is 7.02. The highest BCUT2D eigenvalue weighted by Crippen LogP contribution is 2.21. The zero-order valence-electron chi connectivity index (χ0n) is 15.1. The fourth-order valence-corrected chi connectivity index (χ4v) is 2.45. The van der Waals surface area contributed by atoms with Gasteiger partial charge in [0.25, 0.3) is 5.91 Å². The molecule has 1 aromatic rings. The fourth-order valence-electron chi connectivity index (χ4n) is 2.45. The molecule has 2 rings (SSSR count). The number of rotatable bonds is 4. The Labute approximate surface area is 151 Å². The first-order valence-corrected chi connectivity index (χ1v) is 8.35. The molecule has 0 aliphatic carbocycles. The van der Waals surface area contributed by atoms with E-state index in [9.17, 15) is 19.2 Å². The number of urea groups is 1. The van der Waals surface area contributed by atoms with Crippen molar-refractivity contribution in [1.82, 2.24) is 10.6 Å². The average Bonchev–Trinajstić information content (AvgIpc) is 2.97. The molecule has 1 aromatic carbocycles. The predicted octanol–water partition coefficient (Wildman–Crippen LogP) is 1.59. The van der Waals surface area contributed by atoms with Gasteiger partial charge in [0.2, 0.25) is 5.91 Å². The summed E-state index contributed by atoms with van der Waals surface area (Å²) in [6.45, 7) is 5.42. The second kappa shape index (κ2) is 7.99. The summed E-state index contributed by atoms with van der Waals surface area (Å²) in [7, 11) is 0. The van der Waals surface area contributed by atoms with Crippen LogP contribution >= 0.6 is 0 Å². The number of anilines is 1. The smallest absolute Gasteiger partial charge is 0.338 e. The minimum absolute atomic E-state index is 0.0607. The number of carbonyl (C=O) groups excluding carboxylic acids is 4. The summed E-state index contributed by atoms with van der Waals surface area (Å²) in [5.41, 5.74) is 0.493. The van der Waals surface area contributed by atoms with E-state index in [0.717, 1.165) is 12.1 Å². The third-order valence-electron chi connectivity index (χ3n) is 3.56. The molecule has 1 aliphatic rings. The zero-order chi connectivity index (χ0) is 19.3. The number of hydrogen-bond donors (Lipinski definition) is 2. The fraction of sp³-hybridized carbons (Fsp3) is 0.444. The van der Waals surface area contributed by atoms with Crippen molar-refractivity contribution in [2.75, 3.05) is 18.1 Å². The Bertz CT molecular complexity index is 707. The summed E-state index contributed by atoms with van der Waals surface area (Å²) < 4.78 is 4.90. The van der Waals surface area contributed by atoms with Crippen LogP contribution in [0.2, 0.25) is 0 Å². The molecule has 0 atom stereocenters. The van der Waals surface area contributed by atoms with Crippen molar-refractivity contribution in [3.05, 3.63) is 29.8 Å². The van der Waals surface area contributed by atoms with Gasteiger partial charge in [-0.15, -0.1) is 0 Å². The van der Waals surface area contributed by atoms with Crippen LogP contribution in [0.25, 0.3) is 0 Å². The number of nitrogens with zero attached hydrogens (tertiary/aromatic N) is 1. The van der Waals surface area contributed by atoms with Crippen molar-refractivity contribution in [2.24, 2.45) is 0 Å². The molecule has 1 aliphatic heterocycles. The van der Waals surface area contributed by atoms with Crippen molar-refractivity contribution in [2.45, 2.75) is 39.2 Å². The van der Waals surface area contributed by atoms with Crippen molar-refractivity contribution >= 4 is 29.5 Å². The lowest BCUT2D eigenvalue weighted by atomic mass is 10.1. The summed E-state index contributed by atoms with van der Waals surface area (Å²) >= 11 is 0. The molecule has 0 radical (unpaired) electrons. The molecule has 4 amide bonds. The quantitative estimate of drug-likeness (QED) is 0.793. The van der Waals surface area contributed by atoms with Gasteiger partial charge in [0, 0.05) is 24.2 Å². The first kappa shape index (κ1) is 19.4. The SMILES string of the molecule is CC(C)(C)NC(=O)NC(=O)COC(=O)c1ccc(N2CCCC2=O)cc1. The molecule has 140 valence electrons. The van der Waals surface area contributed by atoms with Gasteiger partial charge in [-0.25, -0.2) is 9.59 Å². The van der Waals surface area contributed by atoms with E-state index in [1.807, 2.05) is 0 Å². The van der Waals surface area contributed by atoms with Crippen LogP contribution in [-0.2, 0) is 14.3 Å². The van der Waals surface area contributed by atoms with Gasteiger partial charge in [-0.05, 0) is 51.5 Å². The molecule has 0 spiro atoms. The molecule has 8 heteroatoms. The van der Waals surface area contributed by atoms with E-state index in [0.29, 0.717) is 13.0 Å². The van der Waals surface area contributed by atoms with Crippen LogP contribution in [0.1, 0.15) is 44.0 Å². The molecular weight excluding hydrogens is 338 g/mol. The Kier molecular flexibility index (Phi) is 5.97. The van der Waals surface area contributed by atoms with E-state index in [1.165, 1.54) is 12.1 Å². The summed E-state index contributed by atoms with van der Waals surface area (Å²) in [5.74, 6) is -1.35. The zero-order valence-corrected chi connectivity index (χ0v) is 15.1. The van der Waals surface area contributed by atoms with Crippen molar-refractivity contribution < 1.29 is 23.9 Å². The molecule has 1 fully saturated rings. The molecule has 26 heavy (non-hydrogen) atoms. The van der Waals surface area contributed by atoms with Gasteiger partial charge in [0.15, 0.2) is 6.61 Å². The predicted molar refractivity (Wildman–Crippen MR) is 94.7 cm³/mol. The molecule has 1 saturated heterocycles. The third kappa shape index (κ3) is 5.58. The van der Waals surface area contributed by atoms with Crippen LogP contribution in [0.15, 0.2) is 24.3 Å². The molecular formula is C18H23N3O5. The highest BCUT2D eigenvalue weighted by molar-refractivity contribution is 5.98. The summed E-state index contributed by atoms with van der Waals surface area (Å²) in [5, 5.41) is 4.65. The van der Waals surface area contributed by atoms with E-state index >= 15 is 0 Å². The molecule has 8 nitrogen and oxygen atoms in total. The van der Waals surface area contributed by atoms with Crippen LogP contribution in [0.4, 0.5) is 10.5 Å². The van der Waals surface area contributed by atoms with E-state index < -0.39 is 30.1 Å². The van der Waals surface area contributed by atoms with Gasteiger partial charge in [0.05, 0.1) is 5.56 Å². The van der Waals surface area contributed by atoms with Crippen LogP contribution in [-0.4, -0.2) is 42.5 Å². The van der Waals surface area contributed by atoms with Gasteiger partial charge in [-0.1, -0.05) is 0 Å². The number of nitrogens with one attached hydrogen (secondary N) is 2. The number of carbonyl (C=O) groups is 4. The van der Waals surface area contributed by atoms with Gasteiger partial charge < -0.3 is 15.0 Å². The molecule has 0 bridgehead atoms. The summed E-state index contributed by atoms with van der Waals surface area (Å²) in [6, 6.07) is 5.74. The largest absolute Gasteiger partial charge is 0.452 e. The van der Waals surface area contributed by atoms with E-state index in [2.05, 4.69) is 10.6 Å². The normalized spacial score (nSPS) is 14.1. The number of benzene rings is 1. The number of imide groups is 1. The van der Waals surface area contributed by atoms with Gasteiger partial charge in [0.1, 0.15) is 0 Å². The molecule has 1 heterocycles. The number of amides is 4. The van der Waals surface area contributed by atoms with Crippen LogP contribution < -0.4 is 15.5 Å². The highest BCUT2D eigenvalue weighted by atomic mass is 16.5. The van der Waals surface area contributed by atoms with E-state index in [1.54, 1.807) is 37.8 Å². The Balaban J connectivity index is 1.83. The first-order chi connectivity index (χ1) is 12.2. The molecule has 2 N–H and O–H groups in total. The molecule has 0 aromatic heterocycles. The van der Waals surface area contributed by atoms with Crippen LogP contribution in [0.3, 0.4) is 0 Å². The van der Waals surface area contributed by atoms with Crippen molar-refractivity contribution in [3.63, 3.8) is 0 Å². The van der Waals surface area contributed by atoms with Crippen molar-refractivity contribution in [3.8, 4) is 0 Å². The Morgan fingerprint density at radius 2 is 1.81 bits per heavy atom. The Morgan fingerprint density at radius 1 is 1.15 bits per heavy atom. The van der Waals surface area contributed by atoms with Crippen molar-refractivity contribution in [1.29, 1.82) is 0 Å². The van der Waals surface area contributed by atoms with Gasteiger partial charge in [-0.2, -0.15) is 0 Å². The van der Waals surface area contributed by atoms with Gasteiger partial charge in [-0.3, -0.25) is 14.9 Å². The Hall–Kier alpha value is -2.90. The topological polar surface area (TPSA) is 105 Å². The van der Waals surface area contributed by atoms with Gasteiger partial charge >= 0.3 is 12.0 Å². The Morgan fingerprint density at radius 3 is 2.35 bits per heavy atom. The van der Waals surface area contributed by atoms with Crippen LogP contribution in [0, 0.1) is 0 Å². The number of esters is 1. The summed E-state index contributed by atoms with van der Waals surface area (Å²) in [6.07, 6.45) is 1.35. The lowest BCUT2D eigenvalue weighted by Gasteiger charge is -2.20. The number of hydrogen-bond acceptors (Lipinski definition) is 5. The third-order valence-corrected chi connectivity index (χ3v) is 3.56. The molecule has 0 saturated carbocycles. The minimum atomic E-state index is -0.723. The first-order valence-electron chi connectivity index (χ1n) is 8.35. The van der Waals surface area contributed by atoms with E-state index in [4.69, 9.17) is 4.74 Å². The second-order valence-corrected chi connectivity index (χ2v) is 7.02. The average molecular weight is 361 g/mol. The van der Waals surface area contributed by atoms with Crippen LogP contribution in [0.5, 0.6) is 0 Å².